The molecule has 8 nitrogen and oxygen atoms in total. The first-order valence-electron chi connectivity index (χ1n) is 12.9. The fourth-order valence-corrected chi connectivity index (χ4v) is 5.06. The van der Waals surface area contributed by atoms with Gasteiger partial charge in [0.1, 0.15) is 17.4 Å². The number of alkyl halides is 2. The van der Waals surface area contributed by atoms with E-state index >= 15 is 0 Å². The molecule has 2 fully saturated rings. The summed E-state index contributed by atoms with van der Waals surface area (Å²) in [5, 5.41) is 3.22. The van der Waals surface area contributed by atoms with Crippen molar-refractivity contribution in [2.75, 3.05) is 43.5 Å². The number of pyridine rings is 1. The van der Waals surface area contributed by atoms with E-state index in [0.717, 1.165) is 24.0 Å². The number of likely N-dealkylation sites (tertiary alicyclic amines) is 1. The highest BCUT2D eigenvalue weighted by Gasteiger charge is 2.40. The van der Waals surface area contributed by atoms with E-state index in [1.807, 2.05) is 49.1 Å². The van der Waals surface area contributed by atoms with Gasteiger partial charge in [0.15, 0.2) is 0 Å². The second-order valence-corrected chi connectivity index (χ2v) is 10.1. The number of halogens is 2. The zero-order chi connectivity index (χ0) is 26.9. The Morgan fingerprint density at radius 3 is 2.63 bits per heavy atom. The molecular formula is C28H32F2N6O2. The van der Waals surface area contributed by atoms with Crippen LogP contribution < -0.4 is 15.0 Å². The third kappa shape index (κ3) is 5.69. The number of nitrogens with zero attached hydrogens (tertiary/aromatic N) is 5. The highest BCUT2D eigenvalue weighted by molar-refractivity contribution is 5.97. The molecule has 1 amide bonds. The summed E-state index contributed by atoms with van der Waals surface area (Å²) >= 11 is 0. The van der Waals surface area contributed by atoms with Crippen LogP contribution in [0.5, 0.6) is 5.75 Å². The normalized spacial score (nSPS) is 18.9. The number of carbonyl (C=O) groups is 1. The Hall–Kier alpha value is -3.82. The van der Waals surface area contributed by atoms with Gasteiger partial charge >= 0.3 is 0 Å². The molecule has 2 aromatic heterocycles. The molecule has 2 aliphatic rings. The highest BCUT2D eigenvalue weighted by Crippen LogP contribution is 2.34. The second-order valence-electron chi connectivity index (χ2n) is 10.1. The molecule has 1 aromatic carbocycles. The van der Waals surface area contributed by atoms with Crippen molar-refractivity contribution in [3.05, 3.63) is 65.0 Å². The molecule has 0 aliphatic carbocycles. The minimum absolute atomic E-state index is 0.0694. The van der Waals surface area contributed by atoms with Crippen LogP contribution in [0, 0.1) is 13.8 Å². The van der Waals surface area contributed by atoms with Gasteiger partial charge in [-0.2, -0.15) is 4.98 Å². The van der Waals surface area contributed by atoms with Crippen molar-refractivity contribution in [3.63, 3.8) is 0 Å². The van der Waals surface area contributed by atoms with E-state index in [0.29, 0.717) is 41.7 Å². The van der Waals surface area contributed by atoms with E-state index in [1.165, 1.54) is 4.90 Å². The summed E-state index contributed by atoms with van der Waals surface area (Å²) in [7, 11) is 1.56. The number of benzene rings is 1. The number of anilines is 3. The Balaban J connectivity index is 1.44. The monoisotopic (exact) mass is 522 g/mol. The number of aromatic nitrogens is 3. The van der Waals surface area contributed by atoms with Crippen LogP contribution in [0.2, 0.25) is 0 Å². The molecule has 1 unspecified atom stereocenters. The van der Waals surface area contributed by atoms with Crippen molar-refractivity contribution in [1.29, 1.82) is 0 Å². The van der Waals surface area contributed by atoms with E-state index in [1.54, 1.807) is 19.4 Å². The Bertz CT molecular complexity index is 1330. The second kappa shape index (κ2) is 10.5. The molecule has 3 aromatic rings. The average Bonchev–Trinajstić information content (AvgIpc) is 3.27. The highest BCUT2D eigenvalue weighted by atomic mass is 19.3. The van der Waals surface area contributed by atoms with Crippen LogP contribution in [0.1, 0.15) is 52.4 Å². The molecule has 1 N–H and O–H groups in total. The third-order valence-electron chi connectivity index (χ3n) is 7.07. The van der Waals surface area contributed by atoms with Gasteiger partial charge in [0, 0.05) is 44.2 Å². The summed E-state index contributed by atoms with van der Waals surface area (Å²) in [6.45, 7) is 4.77. The van der Waals surface area contributed by atoms with Gasteiger partial charge in [-0.1, -0.05) is 6.07 Å². The Morgan fingerprint density at radius 1 is 1.08 bits per heavy atom. The molecule has 4 heterocycles. The van der Waals surface area contributed by atoms with E-state index in [4.69, 9.17) is 9.72 Å². The van der Waals surface area contributed by atoms with Crippen LogP contribution in [0.25, 0.3) is 0 Å². The van der Waals surface area contributed by atoms with E-state index in [-0.39, 0.29) is 30.7 Å². The molecule has 0 bridgehead atoms. The number of carbonyl (C=O) groups excluding carboxylic acids is 1. The number of methoxy groups -OCH3 is 1. The fourth-order valence-electron chi connectivity index (χ4n) is 5.06. The number of nitrogens with one attached hydrogen (secondary N) is 1. The van der Waals surface area contributed by atoms with Crippen molar-refractivity contribution in [3.8, 4) is 5.75 Å². The van der Waals surface area contributed by atoms with Gasteiger partial charge in [-0.15, -0.1) is 0 Å². The van der Waals surface area contributed by atoms with Gasteiger partial charge in [0.05, 0.1) is 24.9 Å². The Labute approximate surface area is 221 Å². The fraction of sp³-hybridized carbons (Fsp3) is 0.429. The SMILES string of the molecule is COc1cc(C)ccc1C(=O)N1CCCC(c2cc(Nc3cc(C)ccn3)nc(N3CCC(F)(F)C3)n2)C1. The lowest BCUT2D eigenvalue weighted by atomic mass is 9.93. The van der Waals surface area contributed by atoms with Gasteiger partial charge < -0.3 is 19.9 Å². The van der Waals surface area contributed by atoms with Crippen molar-refractivity contribution >= 4 is 23.5 Å². The summed E-state index contributed by atoms with van der Waals surface area (Å²) < 4.78 is 33.5. The number of aryl methyl sites for hydroxylation is 2. The van der Waals surface area contributed by atoms with Crippen LogP contribution in [-0.2, 0) is 0 Å². The Morgan fingerprint density at radius 2 is 1.89 bits per heavy atom. The summed E-state index contributed by atoms with van der Waals surface area (Å²) in [6, 6.07) is 11.2. The minimum atomic E-state index is -2.77. The molecule has 10 heteroatoms. The number of amides is 1. The van der Waals surface area contributed by atoms with Crippen LogP contribution in [-0.4, -0.2) is 65.0 Å². The van der Waals surface area contributed by atoms with Crippen molar-refractivity contribution < 1.29 is 18.3 Å². The third-order valence-corrected chi connectivity index (χ3v) is 7.07. The maximum Gasteiger partial charge on any atom is 0.267 e. The minimum Gasteiger partial charge on any atom is -0.496 e. The van der Waals surface area contributed by atoms with Gasteiger partial charge in [-0.3, -0.25) is 4.79 Å². The summed E-state index contributed by atoms with van der Waals surface area (Å²) in [5.74, 6) is -1.03. The van der Waals surface area contributed by atoms with Crippen LogP contribution in [0.3, 0.4) is 0 Å². The summed E-state index contributed by atoms with van der Waals surface area (Å²) in [4.78, 5) is 30.5. The van der Waals surface area contributed by atoms with Crippen molar-refractivity contribution in [2.45, 2.75) is 45.0 Å². The smallest absolute Gasteiger partial charge is 0.267 e. The van der Waals surface area contributed by atoms with Crippen molar-refractivity contribution in [2.24, 2.45) is 0 Å². The molecule has 1 atom stereocenters. The van der Waals surface area contributed by atoms with Gasteiger partial charge in [0.25, 0.3) is 11.8 Å². The molecule has 0 radical (unpaired) electrons. The molecule has 2 aliphatic heterocycles. The number of hydrogen-bond donors (Lipinski definition) is 1. The standard InChI is InChI=1S/C28H32F2N6O2/c1-18-6-7-21(23(13-18)38-3)26(37)35-11-4-5-20(16-35)22-15-25(33-24-14-19(2)8-10-31-24)34-27(32-22)36-12-9-28(29,30)17-36/h6-8,10,13-15,20H,4-5,9,11-12,16-17H2,1-3H3,(H,31,32,33,34). The summed E-state index contributed by atoms with van der Waals surface area (Å²) in [5.41, 5.74) is 3.28. The lowest BCUT2D eigenvalue weighted by molar-refractivity contribution is 0.0256. The number of ether oxygens (including phenoxy) is 1. The molecule has 0 saturated carbocycles. The molecule has 2 saturated heterocycles. The van der Waals surface area contributed by atoms with Crippen LogP contribution in [0.15, 0.2) is 42.6 Å². The van der Waals surface area contributed by atoms with Gasteiger partial charge in [0.2, 0.25) is 5.95 Å². The number of piperidine rings is 1. The maximum absolute atomic E-state index is 14.0. The topological polar surface area (TPSA) is 83.5 Å². The average molecular weight is 523 g/mol. The summed E-state index contributed by atoms with van der Waals surface area (Å²) in [6.07, 6.45) is 3.09. The van der Waals surface area contributed by atoms with Gasteiger partial charge in [-0.25, -0.2) is 18.7 Å². The lowest BCUT2D eigenvalue weighted by Gasteiger charge is -2.33. The zero-order valence-electron chi connectivity index (χ0n) is 21.9. The van der Waals surface area contributed by atoms with E-state index < -0.39 is 12.5 Å². The predicted molar refractivity (Wildman–Crippen MR) is 142 cm³/mol. The van der Waals surface area contributed by atoms with Crippen LogP contribution in [0.4, 0.5) is 26.4 Å². The maximum atomic E-state index is 14.0. The molecule has 200 valence electrons. The first-order chi connectivity index (χ1) is 18.2. The van der Waals surface area contributed by atoms with Crippen molar-refractivity contribution in [1.82, 2.24) is 19.9 Å². The largest absolute Gasteiger partial charge is 0.496 e. The molecular weight excluding hydrogens is 490 g/mol. The first kappa shape index (κ1) is 25.8. The predicted octanol–water partition coefficient (Wildman–Crippen LogP) is 5.11. The lowest BCUT2D eigenvalue weighted by Crippen LogP contribution is -2.39. The Kier molecular flexibility index (Phi) is 7.14. The molecule has 38 heavy (non-hydrogen) atoms. The zero-order valence-corrected chi connectivity index (χ0v) is 21.9. The van der Waals surface area contributed by atoms with E-state index in [9.17, 15) is 13.6 Å². The van der Waals surface area contributed by atoms with Crippen LogP contribution >= 0.6 is 0 Å². The van der Waals surface area contributed by atoms with E-state index in [2.05, 4.69) is 15.3 Å². The number of rotatable bonds is 6. The molecule has 5 rings (SSSR count). The first-order valence-corrected chi connectivity index (χ1v) is 12.9. The quantitative estimate of drug-likeness (QED) is 0.482. The number of hydrogen-bond acceptors (Lipinski definition) is 7. The molecule has 0 spiro atoms. The van der Waals surface area contributed by atoms with Gasteiger partial charge in [-0.05, 0) is 62.1 Å².